The fourth-order valence-electron chi connectivity index (χ4n) is 2.98. The van der Waals surface area contributed by atoms with Gasteiger partial charge in [0.15, 0.2) is 0 Å². The predicted molar refractivity (Wildman–Crippen MR) is 105 cm³/mol. The van der Waals surface area contributed by atoms with E-state index in [1.807, 2.05) is 18.2 Å². The van der Waals surface area contributed by atoms with Crippen molar-refractivity contribution < 1.29 is 14.7 Å². The van der Waals surface area contributed by atoms with Gasteiger partial charge in [0.05, 0.1) is 0 Å². The van der Waals surface area contributed by atoms with Gasteiger partial charge >= 0.3 is 6.03 Å². The van der Waals surface area contributed by atoms with Gasteiger partial charge in [-0.25, -0.2) is 4.79 Å². The summed E-state index contributed by atoms with van der Waals surface area (Å²) in [7, 11) is 0. The summed E-state index contributed by atoms with van der Waals surface area (Å²) in [6.45, 7) is 4.34. The Morgan fingerprint density at radius 3 is 2.37 bits per heavy atom. The Kier molecular flexibility index (Phi) is 5.80. The molecule has 0 saturated carbocycles. The number of benzene rings is 2. The number of hydrogen-bond acceptors (Lipinski definition) is 4. The Labute approximate surface area is 158 Å². The molecule has 0 radical (unpaired) electrons. The number of urea groups is 1. The number of aromatic hydroxyl groups is 1. The zero-order chi connectivity index (χ0) is 19.2. The molecule has 1 aliphatic heterocycles. The van der Waals surface area contributed by atoms with Crippen molar-refractivity contribution in [2.45, 2.75) is 13.0 Å². The molecule has 0 bridgehead atoms. The Balaban J connectivity index is 1.48. The van der Waals surface area contributed by atoms with Crippen LogP contribution in [0.2, 0.25) is 0 Å². The molecule has 7 heteroatoms. The van der Waals surface area contributed by atoms with E-state index in [0.29, 0.717) is 18.8 Å². The lowest BCUT2D eigenvalue weighted by molar-refractivity contribution is -0.117. The summed E-state index contributed by atoms with van der Waals surface area (Å²) >= 11 is 0. The number of nitrogens with zero attached hydrogens (tertiary/aromatic N) is 2. The predicted octanol–water partition coefficient (Wildman–Crippen LogP) is 2.25. The van der Waals surface area contributed by atoms with Crippen LogP contribution in [-0.2, 0) is 4.79 Å². The second-order valence-electron chi connectivity index (χ2n) is 6.52. The molecule has 1 atom stereocenters. The number of anilines is 2. The largest absolute Gasteiger partial charge is 0.508 e. The van der Waals surface area contributed by atoms with Crippen LogP contribution in [0.5, 0.6) is 5.75 Å². The van der Waals surface area contributed by atoms with E-state index in [-0.39, 0.29) is 17.7 Å². The summed E-state index contributed by atoms with van der Waals surface area (Å²) in [5.41, 5.74) is 1.63. The van der Waals surface area contributed by atoms with E-state index in [2.05, 4.69) is 27.7 Å². The lowest BCUT2D eigenvalue weighted by atomic mass is 10.2. The number of piperazine rings is 1. The summed E-state index contributed by atoms with van der Waals surface area (Å²) < 4.78 is 0. The van der Waals surface area contributed by atoms with E-state index in [1.165, 1.54) is 12.1 Å². The molecule has 1 saturated heterocycles. The van der Waals surface area contributed by atoms with Crippen LogP contribution in [0.25, 0.3) is 0 Å². The van der Waals surface area contributed by atoms with E-state index in [1.54, 1.807) is 24.0 Å². The molecule has 1 aliphatic rings. The molecule has 0 aromatic heterocycles. The molecule has 27 heavy (non-hydrogen) atoms. The highest BCUT2D eigenvalue weighted by Crippen LogP contribution is 2.16. The normalized spacial score (nSPS) is 15.1. The number of phenols is 1. The number of phenolic OH excluding ortho intramolecular Hbond substituents is 1. The third-order valence-corrected chi connectivity index (χ3v) is 4.54. The van der Waals surface area contributed by atoms with Gasteiger partial charge in [0.1, 0.15) is 11.8 Å². The standard InChI is InChI=1S/C20H24N4O3/c1-15(19(26)22-16-6-5-9-18(25)14-16)21-20(27)24-12-10-23(11-13-24)17-7-3-2-4-8-17/h2-9,14-15,25H,10-13H2,1H3,(H,21,27)(H,22,26)/t15-/m1/s1. The number of hydrogen-bond donors (Lipinski definition) is 3. The van der Waals surface area contributed by atoms with Gasteiger partial charge in [-0.1, -0.05) is 24.3 Å². The fourth-order valence-corrected chi connectivity index (χ4v) is 2.98. The number of rotatable bonds is 4. The first-order valence-corrected chi connectivity index (χ1v) is 8.98. The number of para-hydroxylation sites is 1. The summed E-state index contributed by atoms with van der Waals surface area (Å²) in [4.78, 5) is 28.6. The molecule has 3 rings (SSSR count). The molecular formula is C20H24N4O3. The molecule has 1 heterocycles. The zero-order valence-electron chi connectivity index (χ0n) is 15.3. The highest BCUT2D eigenvalue weighted by atomic mass is 16.3. The van der Waals surface area contributed by atoms with Gasteiger partial charge in [0.2, 0.25) is 5.91 Å². The van der Waals surface area contributed by atoms with Crippen LogP contribution in [0.4, 0.5) is 16.2 Å². The molecule has 3 N–H and O–H groups in total. The van der Waals surface area contributed by atoms with Gasteiger partial charge in [-0.2, -0.15) is 0 Å². The van der Waals surface area contributed by atoms with E-state index >= 15 is 0 Å². The number of carbonyl (C=O) groups is 2. The Morgan fingerprint density at radius 1 is 1.00 bits per heavy atom. The molecular weight excluding hydrogens is 344 g/mol. The summed E-state index contributed by atoms with van der Waals surface area (Å²) in [5.74, 6) is -0.266. The molecule has 7 nitrogen and oxygen atoms in total. The average molecular weight is 368 g/mol. The van der Waals surface area contributed by atoms with E-state index in [4.69, 9.17) is 0 Å². The van der Waals surface area contributed by atoms with Crippen molar-refractivity contribution >= 4 is 23.3 Å². The van der Waals surface area contributed by atoms with Crippen molar-refractivity contribution in [2.24, 2.45) is 0 Å². The SMILES string of the molecule is C[C@@H](NC(=O)N1CCN(c2ccccc2)CC1)C(=O)Nc1cccc(O)c1. The van der Waals surface area contributed by atoms with Gasteiger partial charge < -0.3 is 25.5 Å². The van der Waals surface area contributed by atoms with Crippen LogP contribution < -0.4 is 15.5 Å². The summed E-state index contributed by atoms with van der Waals surface area (Å²) in [6.07, 6.45) is 0. The van der Waals surface area contributed by atoms with Crippen molar-refractivity contribution in [3.63, 3.8) is 0 Å². The molecule has 2 aromatic rings. The van der Waals surface area contributed by atoms with Crippen molar-refractivity contribution in [2.75, 3.05) is 36.4 Å². The Bertz CT molecular complexity index is 789. The van der Waals surface area contributed by atoms with Gasteiger partial charge in [-0.3, -0.25) is 4.79 Å². The molecule has 0 unspecified atom stereocenters. The van der Waals surface area contributed by atoms with Crippen LogP contribution in [0, 0.1) is 0 Å². The van der Waals surface area contributed by atoms with Crippen LogP contribution in [0.3, 0.4) is 0 Å². The van der Waals surface area contributed by atoms with E-state index in [0.717, 1.165) is 18.8 Å². The van der Waals surface area contributed by atoms with Crippen LogP contribution >= 0.6 is 0 Å². The Hall–Kier alpha value is -3.22. The topological polar surface area (TPSA) is 84.9 Å². The van der Waals surface area contributed by atoms with Crippen LogP contribution in [0.15, 0.2) is 54.6 Å². The number of amides is 3. The zero-order valence-corrected chi connectivity index (χ0v) is 15.3. The minimum atomic E-state index is -0.688. The van der Waals surface area contributed by atoms with Gasteiger partial charge in [-0.15, -0.1) is 0 Å². The first-order chi connectivity index (χ1) is 13.0. The smallest absolute Gasteiger partial charge is 0.318 e. The summed E-state index contributed by atoms with van der Waals surface area (Å²) in [5, 5.41) is 14.9. The lowest BCUT2D eigenvalue weighted by Crippen LogP contribution is -2.54. The van der Waals surface area contributed by atoms with Crippen molar-refractivity contribution in [1.29, 1.82) is 0 Å². The minimum absolute atomic E-state index is 0.0702. The van der Waals surface area contributed by atoms with Crippen molar-refractivity contribution in [3.8, 4) is 5.75 Å². The number of nitrogens with one attached hydrogen (secondary N) is 2. The highest BCUT2D eigenvalue weighted by molar-refractivity contribution is 5.96. The molecule has 3 amide bonds. The molecule has 0 spiro atoms. The van der Waals surface area contributed by atoms with Crippen LogP contribution in [0.1, 0.15) is 6.92 Å². The monoisotopic (exact) mass is 368 g/mol. The molecule has 2 aromatic carbocycles. The third kappa shape index (κ3) is 4.91. The van der Waals surface area contributed by atoms with Gasteiger partial charge in [-0.05, 0) is 31.2 Å². The van der Waals surface area contributed by atoms with Gasteiger partial charge in [0, 0.05) is 43.6 Å². The minimum Gasteiger partial charge on any atom is -0.508 e. The third-order valence-electron chi connectivity index (χ3n) is 4.54. The highest BCUT2D eigenvalue weighted by Gasteiger charge is 2.24. The molecule has 0 aliphatic carbocycles. The first kappa shape index (κ1) is 18.6. The van der Waals surface area contributed by atoms with E-state index in [9.17, 15) is 14.7 Å². The second kappa shape index (κ2) is 8.44. The first-order valence-electron chi connectivity index (χ1n) is 8.98. The van der Waals surface area contributed by atoms with Gasteiger partial charge in [0.25, 0.3) is 0 Å². The van der Waals surface area contributed by atoms with Crippen molar-refractivity contribution in [1.82, 2.24) is 10.2 Å². The lowest BCUT2D eigenvalue weighted by Gasteiger charge is -2.36. The average Bonchev–Trinajstić information content (AvgIpc) is 2.68. The summed E-state index contributed by atoms with van der Waals surface area (Å²) in [6, 6.07) is 15.5. The fraction of sp³-hybridized carbons (Fsp3) is 0.300. The maximum absolute atomic E-state index is 12.4. The molecule has 1 fully saturated rings. The Morgan fingerprint density at radius 2 is 1.70 bits per heavy atom. The second-order valence-corrected chi connectivity index (χ2v) is 6.52. The maximum Gasteiger partial charge on any atom is 0.318 e. The number of carbonyl (C=O) groups excluding carboxylic acids is 2. The molecule has 142 valence electrons. The van der Waals surface area contributed by atoms with E-state index < -0.39 is 6.04 Å². The maximum atomic E-state index is 12.4. The van der Waals surface area contributed by atoms with Crippen molar-refractivity contribution in [3.05, 3.63) is 54.6 Å². The van der Waals surface area contributed by atoms with Crippen LogP contribution in [-0.4, -0.2) is 54.2 Å². The quantitative estimate of drug-likeness (QED) is 0.773.